The molecular formula is C19H37IN6O. The smallest absolute Gasteiger partial charge is 0.191 e. The zero-order chi connectivity index (χ0) is 19.0. The van der Waals surface area contributed by atoms with Gasteiger partial charge in [0.2, 0.25) is 0 Å². The van der Waals surface area contributed by atoms with Crippen LogP contribution in [-0.2, 0) is 18.3 Å². The lowest BCUT2D eigenvalue weighted by molar-refractivity contribution is 0.145. The first-order valence-electron chi connectivity index (χ1n) is 9.89. The second kappa shape index (κ2) is 11.8. The summed E-state index contributed by atoms with van der Waals surface area (Å²) in [5.74, 6) is 2.65. The van der Waals surface area contributed by atoms with E-state index in [-0.39, 0.29) is 24.0 Å². The third kappa shape index (κ3) is 8.33. The molecule has 27 heavy (non-hydrogen) atoms. The van der Waals surface area contributed by atoms with Gasteiger partial charge in [-0.2, -0.15) is 0 Å². The zero-order valence-corrected chi connectivity index (χ0v) is 19.9. The van der Waals surface area contributed by atoms with Crippen molar-refractivity contribution in [2.45, 2.75) is 72.4 Å². The largest absolute Gasteiger partial charge is 0.382 e. The van der Waals surface area contributed by atoms with Crippen molar-refractivity contribution < 1.29 is 4.74 Å². The van der Waals surface area contributed by atoms with Crippen LogP contribution in [0.15, 0.2) is 4.99 Å². The van der Waals surface area contributed by atoms with Crippen LogP contribution in [0.1, 0.15) is 64.5 Å². The van der Waals surface area contributed by atoms with E-state index in [2.05, 4.69) is 34.7 Å². The summed E-state index contributed by atoms with van der Waals surface area (Å²) in [4.78, 5) is 4.75. The molecule has 0 radical (unpaired) electrons. The average molecular weight is 492 g/mol. The molecule has 0 aliphatic heterocycles. The Bertz CT molecular complexity index is 577. The number of guanidine groups is 1. The highest BCUT2D eigenvalue weighted by atomic mass is 127. The number of aromatic nitrogens is 3. The second-order valence-electron chi connectivity index (χ2n) is 7.95. The van der Waals surface area contributed by atoms with Crippen LogP contribution < -0.4 is 10.6 Å². The molecule has 8 heteroatoms. The number of halogens is 1. The maximum absolute atomic E-state index is 5.41. The fraction of sp³-hybridized carbons (Fsp3) is 0.842. The Balaban J connectivity index is 0.00000364. The molecule has 2 rings (SSSR count). The summed E-state index contributed by atoms with van der Waals surface area (Å²) in [6.45, 7) is 11.6. The number of nitrogens with one attached hydrogen (secondary N) is 2. The van der Waals surface area contributed by atoms with Crippen molar-refractivity contribution in [1.82, 2.24) is 25.4 Å². The van der Waals surface area contributed by atoms with Gasteiger partial charge in [-0.25, -0.2) is 4.99 Å². The summed E-state index contributed by atoms with van der Waals surface area (Å²) < 4.78 is 7.40. The lowest BCUT2D eigenvalue weighted by atomic mass is 9.75. The van der Waals surface area contributed by atoms with Gasteiger partial charge in [0.1, 0.15) is 12.4 Å². The number of hydrogen-bond acceptors (Lipinski definition) is 4. The molecule has 0 spiro atoms. The Morgan fingerprint density at radius 3 is 2.59 bits per heavy atom. The van der Waals surface area contributed by atoms with Crippen LogP contribution in [0.5, 0.6) is 0 Å². The fourth-order valence-corrected chi connectivity index (χ4v) is 3.15. The molecule has 0 amide bonds. The minimum atomic E-state index is 0. The maximum Gasteiger partial charge on any atom is 0.191 e. The van der Waals surface area contributed by atoms with Gasteiger partial charge in [-0.1, -0.05) is 13.8 Å². The van der Waals surface area contributed by atoms with Crippen molar-refractivity contribution >= 4 is 29.9 Å². The highest BCUT2D eigenvalue weighted by Gasteiger charge is 2.27. The lowest BCUT2D eigenvalue weighted by Gasteiger charge is -2.35. The quantitative estimate of drug-likeness (QED) is 0.252. The van der Waals surface area contributed by atoms with Gasteiger partial charge >= 0.3 is 0 Å². The van der Waals surface area contributed by atoms with Gasteiger partial charge in [0.05, 0.1) is 0 Å². The molecule has 0 saturated heterocycles. The summed E-state index contributed by atoms with van der Waals surface area (Å²) in [5.41, 5.74) is 0.469. The highest BCUT2D eigenvalue weighted by Crippen LogP contribution is 2.34. The van der Waals surface area contributed by atoms with Gasteiger partial charge in [-0.05, 0) is 51.4 Å². The number of aliphatic imine (C=N–C) groups is 1. The van der Waals surface area contributed by atoms with Crippen molar-refractivity contribution in [2.75, 3.05) is 19.8 Å². The van der Waals surface area contributed by atoms with Crippen LogP contribution in [0.25, 0.3) is 0 Å². The predicted molar refractivity (Wildman–Crippen MR) is 121 cm³/mol. The summed E-state index contributed by atoms with van der Waals surface area (Å²) >= 11 is 0. The van der Waals surface area contributed by atoms with E-state index >= 15 is 0 Å². The highest BCUT2D eigenvalue weighted by molar-refractivity contribution is 14.0. The summed E-state index contributed by atoms with van der Waals surface area (Å²) in [7, 11) is 1.98. The lowest BCUT2D eigenvalue weighted by Crippen LogP contribution is -2.46. The monoisotopic (exact) mass is 492 g/mol. The van der Waals surface area contributed by atoms with E-state index in [4.69, 9.17) is 9.73 Å². The Labute approximate surface area is 181 Å². The minimum absolute atomic E-state index is 0. The Kier molecular flexibility index (Phi) is 10.6. The topological polar surface area (TPSA) is 76.4 Å². The van der Waals surface area contributed by atoms with Gasteiger partial charge in [0.25, 0.3) is 0 Å². The van der Waals surface area contributed by atoms with Crippen LogP contribution in [0.4, 0.5) is 0 Å². The van der Waals surface area contributed by atoms with Crippen LogP contribution in [-0.4, -0.2) is 46.5 Å². The Morgan fingerprint density at radius 2 is 2.00 bits per heavy atom. The molecule has 1 heterocycles. The molecule has 0 aromatic carbocycles. The Hall–Kier alpha value is -0.900. The number of hydrogen-bond donors (Lipinski definition) is 2. The first-order valence-corrected chi connectivity index (χ1v) is 9.89. The van der Waals surface area contributed by atoms with Gasteiger partial charge < -0.3 is 19.9 Å². The first kappa shape index (κ1) is 24.1. The van der Waals surface area contributed by atoms with Crippen LogP contribution in [0.2, 0.25) is 0 Å². The molecule has 1 aromatic heterocycles. The van der Waals surface area contributed by atoms with Crippen molar-refractivity contribution in [3.05, 3.63) is 11.6 Å². The molecule has 1 aliphatic carbocycles. The summed E-state index contributed by atoms with van der Waals surface area (Å²) in [6, 6.07) is 0.488. The molecule has 156 valence electrons. The van der Waals surface area contributed by atoms with Crippen molar-refractivity contribution in [2.24, 2.45) is 17.5 Å². The van der Waals surface area contributed by atoms with E-state index < -0.39 is 0 Å². The summed E-state index contributed by atoms with van der Waals surface area (Å²) in [5, 5.41) is 15.4. The minimum Gasteiger partial charge on any atom is -0.382 e. The van der Waals surface area contributed by atoms with Crippen LogP contribution in [0.3, 0.4) is 0 Å². The number of aryl methyl sites for hydroxylation is 1. The van der Waals surface area contributed by atoms with Crippen molar-refractivity contribution in [1.29, 1.82) is 0 Å². The van der Waals surface area contributed by atoms with E-state index in [1.807, 2.05) is 25.5 Å². The molecule has 1 saturated carbocycles. The van der Waals surface area contributed by atoms with E-state index in [0.717, 1.165) is 43.8 Å². The fourth-order valence-electron chi connectivity index (χ4n) is 3.15. The zero-order valence-electron chi connectivity index (χ0n) is 17.5. The molecule has 1 aromatic rings. The van der Waals surface area contributed by atoms with E-state index in [9.17, 15) is 0 Å². The van der Waals surface area contributed by atoms with E-state index in [1.165, 1.54) is 25.7 Å². The van der Waals surface area contributed by atoms with Gasteiger partial charge in [0, 0.05) is 32.8 Å². The first-order chi connectivity index (χ1) is 12.4. The third-order valence-electron chi connectivity index (χ3n) is 5.20. The second-order valence-corrected chi connectivity index (χ2v) is 7.95. The number of ether oxygens (including phenoxy) is 1. The molecular weight excluding hydrogens is 455 g/mol. The van der Waals surface area contributed by atoms with E-state index in [1.54, 1.807) is 0 Å². The van der Waals surface area contributed by atoms with E-state index in [0.29, 0.717) is 18.0 Å². The summed E-state index contributed by atoms with van der Waals surface area (Å²) in [6.07, 6.45) is 5.86. The Morgan fingerprint density at radius 1 is 1.30 bits per heavy atom. The van der Waals surface area contributed by atoms with Crippen molar-refractivity contribution in [3.63, 3.8) is 0 Å². The SMILES string of the molecule is CCOCCCNC(=NCc1nnc(C)n1C)NC1CCC(C)(C)CC1.I. The standard InChI is InChI=1S/C19H36N6O.HI/c1-6-26-13-7-12-20-18(21-14-17-24-23-15(2)25(17)5)22-16-8-10-19(3,4)11-9-16;/h16H,6-14H2,1-5H3,(H2,20,21,22);1H. The molecule has 7 nitrogen and oxygen atoms in total. The van der Waals surface area contributed by atoms with Gasteiger partial charge in [-0.15, -0.1) is 34.2 Å². The maximum atomic E-state index is 5.41. The third-order valence-corrected chi connectivity index (χ3v) is 5.20. The van der Waals surface area contributed by atoms with Crippen LogP contribution >= 0.6 is 24.0 Å². The van der Waals surface area contributed by atoms with Gasteiger partial charge in [0.15, 0.2) is 11.8 Å². The molecule has 1 aliphatic rings. The molecule has 2 N–H and O–H groups in total. The normalized spacial score (nSPS) is 17.4. The molecule has 0 unspecified atom stereocenters. The molecule has 1 fully saturated rings. The molecule has 0 bridgehead atoms. The average Bonchev–Trinajstić information content (AvgIpc) is 2.92. The molecule has 0 atom stereocenters. The number of rotatable bonds is 8. The predicted octanol–water partition coefficient (Wildman–Crippen LogP) is 3.17. The van der Waals surface area contributed by atoms with Crippen molar-refractivity contribution in [3.8, 4) is 0 Å². The van der Waals surface area contributed by atoms with Gasteiger partial charge in [-0.3, -0.25) is 0 Å². The number of nitrogens with zero attached hydrogens (tertiary/aromatic N) is 4. The van der Waals surface area contributed by atoms with Crippen LogP contribution in [0, 0.1) is 12.3 Å².